The SMILES string of the molecule is CC(CN(C)C)Oc1ncc2ncnc(Nc3ccc(F)c(Cl)c3)c2n1. The molecule has 1 unspecified atom stereocenters. The van der Waals surface area contributed by atoms with Gasteiger partial charge in [-0.2, -0.15) is 4.98 Å². The first-order valence-electron chi connectivity index (χ1n) is 7.93. The van der Waals surface area contributed by atoms with Gasteiger partial charge in [0.1, 0.15) is 29.3 Å². The number of fused-ring (bicyclic) bond motifs is 1. The van der Waals surface area contributed by atoms with Crippen molar-refractivity contribution in [2.75, 3.05) is 26.0 Å². The largest absolute Gasteiger partial charge is 0.459 e. The van der Waals surface area contributed by atoms with Gasteiger partial charge in [-0.25, -0.2) is 19.3 Å². The van der Waals surface area contributed by atoms with Crippen LogP contribution in [-0.4, -0.2) is 51.6 Å². The number of benzene rings is 1. The standard InChI is InChI=1S/C17H18ClFN6O/c1-10(8-25(2)3)26-17-20-7-14-15(24-17)16(22-9-21-14)23-11-4-5-13(19)12(18)6-11/h4-7,9-10H,8H2,1-3H3,(H,21,22,23). The quantitative estimate of drug-likeness (QED) is 0.707. The van der Waals surface area contributed by atoms with E-state index in [1.807, 2.05) is 25.9 Å². The fourth-order valence-electron chi connectivity index (χ4n) is 2.43. The highest BCUT2D eigenvalue weighted by atomic mass is 35.5. The second-order valence-electron chi connectivity index (χ2n) is 6.05. The molecule has 0 amide bonds. The molecule has 1 aromatic carbocycles. The molecule has 1 atom stereocenters. The minimum absolute atomic E-state index is 0.0181. The van der Waals surface area contributed by atoms with Gasteiger partial charge in [0.2, 0.25) is 0 Å². The molecule has 2 heterocycles. The van der Waals surface area contributed by atoms with Crippen LogP contribution in [0.1, 0.15) is 6.92 Å². The topological polar surface area (TPSA) is 76.1 Å². The van der Waals surface area contributed by atoms with Crippen molar-refractivity contribution in [3.63, 3.8) is 0 Å². The van der Waals surface area contributed by atoms with E-state index in [0.717, 1.165) is 6.54 Å². The van der Waals surface area contributed by atoms with Gasteiger partial charge >= 0.3 is 6.01 Å². The second kappa shape index (κ2) is 7.76. The number of halogens is 2. The van der Waals surface area contributed by atoms with Crippen LogP contribution in [0.5, 0.6) is 6.01 Å². The maximum atomic E-state index is 13.3. The van der Waals surface area contributed by atoms with Gasteiger partial charge in [-0.3, -0.25) is 0 Å². The molecule has 0 bridgehead atoms. The Balaban J connectivity index is 1.90. The minimum atomic E-state index is -0.488. The Morgan fingerprint density at radius 2 is 2.08 bits per heavy atom. The smallest absolute Gasteiger partial charge is 0.317 e. The van der Waals surface area contributed by atoms with Crippen LogP contribution in [0.25, 0.3) is 11.0 Å². The van der Waals surface area contributed by atoms with Gasteiger partial charge in [0.15, 0.2) is 5.82 Å². The number of hydrogen-bond acceptors (Lipinski definition) is 7. The summed E-state index contributed by atoms with van der Waals surface area (Å²) in [4.78, 5) is 19.0. The van der Waals surface area contributed by atoms with Gasteiger partial charge < -0.3 is 15.0 Å². The Kier molecular flexibility index (Phi) is 5.43. The molecule has 1 N–H and O–H groups in total. The highest BCUT2D eigenvalue weighted by Crippen LogP contribution is 2.25. The monoisotopic (exact) mass is 376 g/mol. The van der Waals surface area contributed by atoms with Gasteiger partial charge in [-0.05, 0) is 39.2 Å². The molecule has 0 spiro atoms. The van der Waals surface area contributed by atoms with Crippen LogP contribution >= 0.6 is 11.6 Å². The number of likely N-dealkylation sites (N-methyl/N-ethyl adjacent to an activating group) is 1. The summed E-state index contributed by atoms with van der Waals surface area (Å²) in [5.41, 5.74) is 1.64. The van der Waals surface area contributed by atoms with E-state index >= 15 is 0 Å². The van der Waals surface area contributed by atoms with Gasteiger partial charge in [0.25, 0.3) is 0 Å². The Morgan fingerprint density at radius 3 is 2.81 bits per heavy atom. The third-order valence-electron chi connectivity index (χ3n) is 3.47. The Labute approximate surface area is 155 Å². The van der Waals surface area contributed by atoms with Crippen molar-refractivity contribution < 1.29 is 9.13 Å². The number of hydrogen-bond donors (Lipinski definition) is 1. The average Bonchev–Trinajstić information content (AvgIpc) is 2.58. The lowest BCUT2D eigenvalue weighted by molar-refractivity contribution is 0.164. The van der Waals surface area contributed by atoms with Crippen LogP contribution in [0.2, 0.25) is 5.02 Å². The molecular formula is C17H18ClFN6O. The number of rotatable bonds is 6. The lowest BCUT2D eigenvalue weighted by Crippen LogP contribution is -2.28. The first-order valence-corrected chi connectivity index (χ1v) is 8.31. The van der Waals surface area contributed by atoms with Crippen molar-refractivity contribution in [3.8, 4) is 6.01 Å². The maximum absolute atomic E-state index is 13.3. The fraction of sp³-hybridized carbons (Fsp3) is 0.294. The van der Waals surface area contributed by atoms with Crippen LogP contribution < -0.4 is 10.1 Å². The number of nitrogens with one attached hydrogen (secondary N) is 1. The fourth-order valence-corrected chi connectivity index (χ4v) is 2.61. The molecule has 136 valence electrons. The van der Waals surface area contributed by atoms with E-state index in [9.17, 15) is 4.39 Å². The molecule has 2 aromatic heterocycles. The van der Waals surface area contributed by atoms with Crippen LogP contribution in [-0.2, 0) is 0 Å². The highest BCUT2D eigenvalue weighted by molar-refractivity contribution is 6.31. The van der Waals surface area contributed by atoms with Crippen LogP contribution in [0, 0.1) is 5.82 Å². The zero-order chi connectivity index (χ0) is 18.7. The predicted octanol–water partition coefficient (Wildman–Crippen LogP) is 3.28. The number of nitrogens with zero attached hydrogens (tertiary/aromatic N) is 5. The van der Waals surface area contributed by atoms with Crippen LogP contribution in [0.15, 0.2) is 30.7 Å². The lowest BCUT2D eigenvalue weighted by Gasteiger charge is -2.17. The molecule has 0 aliphatic carbocycles. The summed E-state index contributed by atoms with van der Waals surface area (Å²) in [5.74, 6) is -0.0390. The highest BCUT2D eigenvalue weighted by Gasteiger charge is 2.12. The average molecular weight is 377 g/mol. The Hall–Kier alpha value is -2.58. The van der Waals surface area contributed by atoms with Crippen molar-refractivity contribution in [3.05, 3.63) is 41.6 Å². The van der Waals surface area contributed by atoms with Gasteiger partial charge in [-0.1, -0.05) is 11.6 Å². The zero-order valence-corrected chi connectivity index (χ0v) is 15.3. The summed E-state index contributed by atoms with van der Waals surface area (Å²) >= 11 is 5.82. The zero-order valence-electron chi connectivity index (χ0n) is 14.6. The Morgan fingerprint density at radius 1 is 1.27 bits per heavy atom. The van der Waals surface area contributed by atoms with Crippen molar-refractivity contribution in [1.29, 1.82) is 0 Å². The summed E-state index contributed by atoms with van der Waals surface area (Å²) in [7, 11) is 3.93. The molecule has 3 rings (SSSR count). The van der Waals surface area contributed by atoms with Crippen molar-refractivity contribution in [1.82, 2.24) is 24.8 Å². The van der Waals surface area contributed by atoms with E-state index in [2.05, 4.69) is 25.3 Å². The first-order chi connectivity index (χ1) is 12.4. The normalized spacial score (nSPS) is 12.4. The third kappa shape index (κ3) is 4.33. The molecule has 0 radical (unpaired) electrons. The third-order valence-corrected chi connectivity index (χ3v) is 3.76. The molecule has 26 heavy (non-hydrogen) atoms. The maximum Gasteiger partial charge on any atom is 0.317 e. The summed E-state index contributed by atoms with van der Waals surface area (Å²) in [5, 5.41) is 3.09. The number of aromatic nitrogens is 4. The van der Waals surface area contributed by atoms with Crippen LogP contribution in [0.4, 0.5) is 15.9 Å². The molecule has 7 nitrogen and oxygen atoms in total. The van der Waals surface area contributed by atoms with E-state index < -0.39 is 5.82 Å². The Bertz CT molecular complexity index is 923. The molecule has 0 saturated heterocycles. The van der Waals surface area contributed by atoms with E-state index in [-0.39, 0.29) is 17.1 Å². The van der Waals surface area contributed by atoms with Crippen LogP contribution in [0.3, 0.4) is 0 Å². The first kappa shape index (κ1) is 18.2. The second-order valence-corrected chi connectivity index (χ2v) is 6.46. The lowest BCUT2D eigenvalue weighted by atomic mass is 10.3. The van der Waals surface area contributed by atoms with Crippen molar-refractivity contribution in [2.24, 2.45) is 0 Å². The molecular weight excluding hydrogens is 359 g/mol. The molecule has 0 aliphatic rings. The van der Waals surface area contributed by atoms with E-state index in [0.29, 0.717) is 22.5 Å². The molecule has 0 saturated carbocycles. The van der Waals surface area contributed by atoms with E-state index in [1.165, 1.54) is 18.5 Å². The van der Waals surface area contributed by atoms with Crippen molar-refractivity contribution >= 4 is 34.1 Å². The molecule has 3 aromatic rings. The molecule has 9 heteroatoms. The summed E-state index contributed by atoms with van der Waals surface area (Å²) in [6.45, 7) is 2.67. The van der Waals surface area contributed by atoms with Crippen molar-refractivity contribution in [2.45, 2.75) is 13.0 Å². The van der Waals surface area contributed by atoms with E-state index in [1.54, 1.807) is 12.3 Å². The molecule has 0 aliphatic heterocycles. The summed E-state index contributed by atoms with van der Waals surface area (Å²) in [6, 6.07) is 4.55. The predicted molar refractivity (Wildman–Crippen MR) is 98.5 cm³/mol. The molecule has 0 fully saturated rings. The number of ether oxygens (including phenoxy) is 1. The minimum Gasteiger partial charge on any atom is -0.459 e. The summed E-state index contributed by atoms with van der Waals surface area (Å²) in [6.07, 6.45) is 2.89. The summed E-state index contributed by atoms with van der Waals surface area (Å²) < 4.78 is 19.1. The van der Waals surface area contributed by atoms with Gasteiger partial charge in [-0.15, -0.1) is 0 Å². The van der Waals surface area contributed by atoms with E-state index in [4.69, 9.17) is 16.3 Å². The van der Waals surface area contributed by atoms with Gasteiger partial charge in [0.05, 0.1) is 11.2 Å². The van der Waals surface area contributed by atoms with Gasteiger partial charge in [0, 0.05) is 12.2 Å². The number of anilines is 2.